The molecule has 6 nitrogen and oxygen atoms in total. The number of rotatable bonds is 6. The van der Waals surface area contributed by atoms with E-state index in [0.29, 0.717) is 6.54 Å². The summed E-state index contributed by atoms with van der Waals surface area (Å²) >= 11 is 0. The lowest BCUT2D eigenvalue weighted by molar-refractivity contribution is -0.123. The molecule has 118 valence electrons. The molecule has 21 heavy (non-hydrogen) atoms. The molecule has 1 fully saturated rings. The average molecular weight is 293 g/mol. The number of likely N-dealkylation sites (tertiary alicyclic amines) is 1. The minimum atomic E-state index is -0.334. The van der Waals surface area contributed by atoms with E-state index >= 15 is 0 Å². The number of carbonyl (C=O) groups is 1. The van der Waals surface area contributed by atoms with Crippen LogP contribution in [0.4, 0.5) is 0 Å². The Hall–Kier alpha value is -1.40. The van der Waals surface area contributed by atoms with Crippen molar-refractivity contribution < 1.29 is 4.79 Å². The zero-order valence-corrected chi connectivity index (χ0v) is 13.3. The maximum Gasteiger partial charge on any atom is 0.241 e. The van der Waals surface area contributed by atoms with Crippen molar-refractivity contribution in [3.63, 3.8) is 0 Å². The highest BCUT2D eigenvalue weighted by Gasteiger charge is 2.20. The van der Waals surface area contributed by atoms with Gasteiger partial charge >= 0.3 is 0 Å². The molecule has 0 aromatic carbocycles. The van der Waals surface area contributed by atoms with Gasteiger partial charge < -0.3 is 15.5 Å². The molecule has 2 heterocycles. The molecule has 2 atom stereocenters. The molecule has 0 spiro atoms. The molecular weight excluding hydrogens is 266 g/mol. The van der Waals surface area contributed by atoms with Crippen LogP contribution in [0, 0.1) is 5.92 Å². The molecule has 6 heteroatoms. The van der Waals surface area contributed by atoms with Crippen LogP contribution in [-0.2, 0) is 11.8 Å². The number of hydrogen-bond donors (Lipinski definition) is 2. The first-order valence-electron chi connectivity index (χ1n) is 7.76. The van der Waals surface area contributed by atoms with Gasteiger partial charge in [0.05, 0.1) is 6.20 Å². The number of aromatic nitrogens is 2. The maximum absolute atomic E-state index is 12.3. The predicted octanol–water partition coefficient (Wildman–Crippen LogP) is 0.529. The van der Waals surface area contributed by atoms with Crippen LogP contribution in [0.2, 0.25) is 0 Å². The Labute approximate surface area is 126 Å². The molecule has 2 unspecified atom stereocenters. The lowest BCUT2D eigenvalue weighted by atomic mass is 10.0. The van der Waals surface area contributed by atoms with E-state index in [4.69, 9.17) is 0 Å². The van der Waals surface area contributed by atoms with Crippen molar-refractivity contribution in [3.8, 4) is 0 Å². The second-order valence-corrected chi connectivity index (χ2v) is 6.01. The molecule has 0 saturated carbocycles. The quantitative estimate of drug-likeness (QED) is 0.803. The number of carbonyl (C=O) groups excluding carboxylic acids is 1. The first-order valence-corrected chi connectivity index (χ1v) is 7.76. The molecule has 0 radical (unpaired) electrons. The van der Waals surface area contributed by atoms with Gasteiger partial charge in [-0.05, 0) is 32.4 Å². The summed E-state index contributed by atoms with van der Waals surface area (Å²) in [5.41, 5.74) is 0.893. The minimum Gasteiger partial charge on any atom is -0.353 e. The lowest BCUT2D eigenvalue weighted by Gasteiger charge is -2.30. The van der Waals surface area contributed by atoms with Crippen LogP contribution >= 0.6 is 0 Å². The Morgan fingerprint density at radius 1 is 1.57 bits per heavy atom. The van der Waals surface area contributed by atoms with Gasteiger partial charge in [0.2, 0.25) is 5.91 Å². The number of likely N-dealkylation sites (N-methyl/N-ethyl adjacent to an activating group) is 1. The van der Waals surface area contributed by atoms with Gasteiger partial charge in [-0.2, -0.15) is 5.10 Å². The predicted molar refractivity (Wildman–Crippen MR) is 82.9 cm³/mol. The van der Waals surface area contributed by atoms with E-state index in [-0.39, 0.29) is 11.9 Å². The van der Waals surface area contributed by atoms with E-state index in [1.165, 1.54) is 12.8 Å². The summed E-state index contributed by atoms with van der Waals surface area (Å²) in [6.07, 6.45) is 6.19. The van der Waals surface area contributed by atoms with E-state index in [2.05, 4.69) is 27.6 Å². The molecule has 1 saturated heterocycles. The van der Waals surface area contributed by atoms with Crippen LogP contribution in [0.1, 0.15) is 31.4 Å². The van der Waals surface area contributed by atoms with Crippen LogP contribution in [0.3, 0.4) is 0 Å². The lowest BCUT2D eigenvalue weighted by Crippen LogP contribution is -2.42. The fraction of sp³-hybridized carbons (Fsp3) is 0.733. The SMILES string of the molecule is CNC(C(=O)NCCN1CCCC(C)C1)c1cnn(C)c1. The largest absolute Gasteiger partial charge is 0.353 e. The van der Waals surface area contributed by atoms with Crippen molar-refractivity contribution in [2.75, 3.05) is 33.2 Å². The van der Waals surface area contributed by atoms with Gasteiger partial charge in [0.15, 0.2) is 0 Å². The van der Waals surface area contributed by atoms with E-state index in [1.807, 2.05) is 13.2 Å². The maximum atomic E-state index is 12.3. The number of nitrogens with zero attached hydrogens (tertiary/aromatic N) is 3. The van der Waals surface area contributed by atoms with Crippen molar-refractivity contribution in [1.29, 1.82) is 0 Å². The number of aryl methyl sites for hydroxylation is 1. The Morgan fingerprint density at radius 3 is 3.00 bits per heavy atom. The summed E-state index contributed by atoms with van der Waals surface area (Å²) in [7, 11) is 3.65. The number of piperidine rings is 1. The standard InChI is InChI=1S/C15H27N5O/c1-12-5-4-7-20(10-12)8-6-17-15(21)14(16-2)13-9-18-19(3)11-13/h9,11-12,14,16H,4-8,10H2,1-3H3,(H,17,21). The molecule has 0 bridgehead atoms. The number of hydrogen-bond acceptors (Lipinski definition) is 4. The third-order valence-corrected chi connectivity index (χ3v) is 4.08. The first-order chi connectivity index (χ1) is 10.1. The average Bonchev–Trinajstić information content (AvgIpc) is 2.86. The zero-order chi connectivity index (χ0) is 15.2. The molecule has 2 rings (SSSR count). The summed E-state index contributed by atoms with van der Waals surface area (Å²) in [5.74, 6) is 0.783. The summed E-state index contributed by atoms with van der Waals surface area (Å²) in [4.78, 5) is 14.7. The van der Waals surface area contributed by atoms with E-state index in [1.54, 1.807) is 17.9 Å². The van der Waals surface area contributed by atoms with Crippen molar-refractivity contribution >= 4 is 5.91 Å². The third kappa shape index (κ3) is 4.54. The van der Waals surface area contributed by atoms with Crippen LogP contribution in [0.5, 0.6) is 0 Å². The summed E-state index contributed by atoms with van der Waals surface area (Å²) in [6.45, 7) is 6.22. The van der Waals surface area contributed by atoms with Gasteiger partial charge in [-0.25, -0.2) is 0 Å². The van der Waals surface area contributed by atoms with Crippen molar-refractivity contribution in [1.82, 2.24) is 25.3 Å². The highest BCUT2D eigenvalue weighted by molar-refractivity contribution is 5.82. The van der Waals surface area contributed by atoms with Gasteiger partial charge in [-0.3, -0.25) is 9.48 Å². The van der Waals surface area contributed by atoms with Crippen LogP contribution in [0.25, 0.3) is 0 Å². The second-order valence-electron chi connectivity index (χ2n) is 6.01. The van der Waals surface area contributed by atoms with Crippen molar-refractivity contribution in [2.45, 2.75) is 25.8 Å². The van der Waals surface area contributed by atoms with Crippen molar-refractivity contribution in [3.05, 3.63) is 18.0 Å². The number of amides is 1. The molecule has 1 aromatic rings. The topological polar surface area (TPSA) is 62.2 Å². The van der Waals surface area contributed by atoms with Crippen LogP contribution in [0.15, 0.2) is 12.4 Å². The van der Waals surface area contributed by atoms with E-state index in [9.17, 15) is 4.79 Å². The monoisotopic (exact) mass is 293 g/mol. The summed E-state index contributed by atoms with van der Waals surface area (Å²) < 4.78 is 1.71. The summed E-state index contributed by atoms with van der Waals surface area (Å²) in [5, 5.41) is 10.2. The van der Waals surface area contributed by atoms with E-state index < -0.39 is 0 Å². The Kier molecular flexibility index (Phi) is 5.76. The van der Waals surface area contributed by atoms with Crippen LogP contribution in [-0.4, -0.2) is 53.8 Å². The van der Waals surface area contributed by atoms with Gasteiger partial charge in [0.25, 0.3) is 0 Å². The van der Waals surface area contributed by atoms with E-state index in [0.717, 1.165) is 31.1 Å². The van der Waals surface area contributed by atoms with Gasteiger partial charge in [0.1, 0.15) is 6.04 Å². The Morgan fingerprint density at radius 2 is 2.38 bits per heavy atom. The second kappa shape index (κ2) is 7.56. The smallest absolute Gasteiger partial charge is 0.241 e. The molecule has 2 N–H and O–H groups in total. The van der Waals surface area contributed by atoms with Gasteiger partial charge in [0, 0.05) is 38.4 Å². The minimum absolute atomic E-state index is 0.00978. The molecular formula is C15H27N5O. The van der Waals surface area contributed by atoms with Crippen molar-refractivity contribution in [2.24, 2.45) is 13.0 Å². The molecule has 0 aliphatic carbocycles. The fourth-order valence-corrected chi connectivity index (χ4v) is 2.97. The van der Waals surface area contributed by atoms with Gasteiger partial charge in [-0.1, -0.05) is 6.92 Å². The molecule has 1 aromatic heterocycles. The number of nitrogens with one attached hydrogen (secondary N) is 2. The zero-order valence-electron chi connectivity index (χ0n) is 13.3. The Balaban J connectivity index is 1.77. The molecule has 1 aliphatic rings. The third-order valence-electron chi connectivity index (χ3n) is 4.08. The Bertz CT molecular complexity index is 459. The normalized spacial score (nSPS) is 21.2. The summed E-state index contributed by atoms with van der Waals surface area (Å²) in [6, 6.07) is -0.334. The molecule has 1 amide bonds. The van der Waals surface area contributed by atoms with Crippen LogP contribution < -0.4 is 10.6 Å². The highest BCUT2D eigenvalue weighted by Crippen LogP contribution is 2.15. The molecule has 1 aliphatic heterocycles. The van der Waals surface area contributed by atoms with Gasteiger partial charge in [-0.15, -0.1) is 0 Å². The first kappa shape index (κ1) is 16.0. The highest BCUT2D eigenvalue weighted by atomic mass is 16.2. The fourth-order valence-electron chi connectivity index (χ4n) is 2.97.